The fraction of sp³-hybridized carbons (Fsp3) is 0.800. The Hall–Kier alpha value is -0.600. The maximum atomic E-state index is 10.5. The number of hydrogen-bond donors (Lipinski definition) is 1. The highest BCUT2D eigenvalue weighted by molar-refractivity contribution is 5.08. The topological polar surface area (TPSA) is 32.8 Å². The summed E-state index contributed by atoms with van der Waals surface area (Å²) in [6, 6.07) is 0. The normalized spacial score (nSPS) is 40.8. The molecule has 4 unspecified atom stereocenters. The van der Waals surface area contributed by atoms with E-state index < -0.39 is 5.60 Å². The van der Waals surface area contributed by atoms with Crippen LogP contribution in [0.15, 0.2) is 23.8 Å². The molecule has 0 radical (unpaired) electrons. The third-order valence-electron chi connectivity index (χ3n) is 5.51. The number of ether oxygens (including phenoxy) is 1. The van der Waals surface area contributed by atoms with Crippen LogP contribution in [0.4, 0.5) is 0 Å². The van der Waals surface area contributed by atoms with Crippen molar-refractivity contribution in [2.75, 3.05) is 0 Å². The van der Waals surface area contributed by atoms with E-state index in [9.17, 15) is 5.11 Å². The van der Waals surface area contributed by atoms with E-state index in [0.717, 1.165) is 38.5 Å². The Morgan fingerprint density at radius 3 is 2.64 bits per heavy atom. The quantitative estimate of drug-likeness (QED) is 0.545. The van der Waals surface area contributed by atoms with Crippen molar-refractivity contribution in [2.45, 2.75) is 90.4 Å². The minimum atomic E-state index is -0.698. The Kier molecular flexibility index (Phi) is 5.55. The summed E-state index contributed by atoms with van der Waals surface area (Å²) in [5, 5.41) is 10.5. The van der Waals surface area contributed by atoms with Crippen molar-refractivity contribution >= 4 is 0 Å². The van der Waals surface area contributed by atoms with Crippen LogP contribution in [0.25, 0.3) is 0 Å². The summed E-state index contributed by atoms with van der Waals surface area (Å²) in [5.74, 6) is 1.12. The monoisotopic (exact) mass is 306 g/mol. The molecule has 0 saturated carbocycles. The lowest BCUT2D eigenvalue weighted by Crippen LogP contribution is -2.22. The van der Waals surface area contributed by atoms with Gasteiger partial charge in [-0.05, 0) is 71.1 Å². The average Bonchev–Trinajstić information content (AvgIpc) is 3.06. The molecule has 4 atom stereocenters. The van der Waals surface area contributed by atoms with Crippen molar-refractivity contribution in [3.8, 4) is 0 Å². The number of allylic oxidation sites excluding steroid dienone is 3. The van der Waals surface area contributed by atoms with E-state index in [4.69, 9.17) is 4.74 Å². The summed E-state index contributed by atoms with van der Waals surface area (Å²) in [6.07, 6.45) is 13.3. The van der Waals surface area contributed by atoms with Crippen molar-refractivity contribution in [2.24, 2.45) is 11.8 Å². The molecule has 1 aliphatic heterocycles. The summed E-state index contributed by atoms with van der Waals surface area (Å²) in [4.78, 5) is 0. The fourth-order valence-corrected chi connectivity index (χ4v) is 3.47. The van der Waals surface area contributed by atoms with Gasteiger partial charge in [0.15, 0.2) is 0 Å². The summed E-state index contributed by atoms with van der Waals surface area (Å²) in [5.41, 5.74) is 0.819. The molecule has 0 aromatic rings. The van der Waals surface area contributed by atoms with Crippen molar-refractivity contribution in [3.63, 3.8) is 0 Å². The Balaban J connectivity index is 2.11. The largest absolute Gasteiger partial charge is 0.386 e. The lowest BCUT2D eigenvalue weighted by atomic mass is 9.84. The molecule has 2 aliphatic rings. The molecule has 1 saturated heterocycles. The molecule has 22 heavy (non-hydrogen) atoms. The van der Waals surface area contributed by atoms with Crippen LogP contribution >= 0.6 is 0 Å². The van der Waals surface area contributed by atoms with Gasteiger partial charge in [0.25, 0.3) is 0 Å². The van der Waals surface area contributed by atoms with E-state index in [0.29, 0.717) is 17.9 Å². The highest BCUT2D eigenvalue weighted by atomic mass is 16.6. The molecule has 0 spiro atoms. The molecular formula is C20H34O2. The molecule has 0 aromatic carbocycles. The van der Waals surface area contributed by atoms with E-state index in [1.807, 2.05) is 13.0 Å². The van der Waals surface area contributed by atoms with Gasteiger partial charge in [-0.15, -0.1) is 0 Å². The Bertz CT molecular complexity index is 433. The zero-order valence-corrected chi connectivity index (χ0v) is 15.1. The van der Waals surface area contributed by atoms with Crippen LogP contribution in [-0.4, -0.2) is 22.4 Å². The van der Waals surface area contributed by atoms with Gasteiger partial charge in [0.1, 0.15) is 0 Å². The second-order valence-electron chi connectivity index (χ2n) is 8.21. The predicted octanol–water partition coefficient (Wildman–Crippen LogP) is 5.02. The van der Waals surface area contributed by atoms with Gasteiger partial charge in [-0.25, -0.2) is 0 Å². The van der Waals surface area contributed by atoms with Crippen molar-refractivity contribution in [3.05, 3.63) is 23.8 Å². The SMILES string of the molecule is CC1=CCCC(C)(O)C=CC(C(C)C)CCC2(C)OC2CC1. The van der Waals surface area contributed by atoms with Gasteiger partial charge in [0, 0.05) is 0 Å². The minimum absolute atomic E-state index is 0.0912. The van der Waals surface area contributed by atoms with Gasteiger partial charge in [-0.1, -0.05) is 37.6 Å². The number of fused-ring (bicyclic) bond motifs is 1. The van der Waals surface area contributed by atoms with E-state index >= 15 is 0 Å². The number of aliphatic hydroxyl groups is 1. The van der Waals surface area contributed by atoms with Crippen LogP contribution in [0.3, 0.4) is 0 Å². The maximum absolute atomic E-state index is 10.5. The van der Waals surface area contributed by atoms with Gasteiger partial charge in [0.05, 0.1) is 17.3 Å². The minimum Gasteiger partial charge on any atom is -0.386 e. The molecule has 1 aliphatic carbocycles. The van der Waals surface area contributed by atoms with Gasteiger partial charge < -0.3 is 9.84 Å². The number of epoxide rings is 1. The number of hydrogen-bond acceptors (Lipinski definition) is 2. The Labute approximate surface area is 136 Å². The Morgan fingerprint density at radius 2 is 1.95 bits per heavy atom. The van der Waals surface area contributed by atoms with Gasteiger partial charge in [0.2, 0.25) is 0 Å². The lowest BCUT2D eigenvalue weighted by molar-refractivity contribution is 0.102. The van der Waals surface area contributed by atoms with Crippen molar-refractivity contribution in [1.82, 2.24) is 0 Å². The second-order valence-corrected chi connectivity index (χ2v) is 8.21. The molecule has 126 valence electrons. The van der Waals surface area contributed by atoms with E-state index in [2.05, 4.69) is 39.8 Å². The average molecular weight is 306 g/mol. The smallest absolute Gasteiger partial charge is 0.0920 e. The summed E-state index contributed by atoms with van der Waals surface area (Å²) < 4.78 is 6.00. The first kappa shape index (κ1) is 17.7. The highest BCUT2D eigenvalue weighted by Crippen LogP contribution is 2.44. The summed E-state index contributed by atoms with van der Waals surface area (Å²) in [7, 11) is 0. The molecule has 1 N–H and O–H groups in total. The third kappa shape index (κ3) is 4.96. The van der Waals surface area contributed by atoms with E-state index in [-0.39, 0.29) is 5.60 Å². The highest BCUT2D eigenvalue weighted by Gasteiger charge is 2.50. The third-order valence-corrected chi connectivity index (χ3v) is 5.51. The summed E-state index contributed by atoms with van der Waals surface area (Å²) >= 11 is 0. The first-order valence-electron chi connectivity index (χ1n) is 8.97. The van der Waals surface area contributed by atoms with Crippen LogP contribution in [0, 0.1) is 11.8 Å². The van der Waals surface area contributed by atoms with Gasteiger partial charge in [-0.2, -0.15) is 0 Å². The molecule has 1 fully saturated rings. The maximum Gasteiger partial charge on any atom is 0.0920 e. The summed E-state index contributed by atoms with van der Waals surface area (Å²) in [6.45, 7) is 10.9. The fourth-order valence-electron chi connectivity index (χ4n) is 3.47. The van der Waals surface area contributed by atoms with Crippen molar-refractivity contribution in [1.29, 1.82) is 0 Å². The molecule has 0 aromatic heterocycles. The van der Waals surface area contributed by atoms with Crippen LogP contribution in [0.2, 0.25) is 0 Å². The zero-order valence-electron chi connectivity index (χ0n) is 15.1. The first-order chi connectivity index (χ1) is 10.2. The first-order valence-corrected chi connectivity index (χ1v) is 8.97. The number of rotatable bonds is 1. The van der Waals surface area contributed by atoms with Crippen molar-refractivity contribution < 1.29 is 9.84 Å². The Morgan fingerprint density at radius 1 is 1.23 bits per heavy atom. The van der Waals surface area contributed by atoms with E-state index in [1.165, 1.54) is 5.57 Å². The molecule has 2 nitrogen and oxygen atoms in total. The zero-order chi connectivity index (χ0) is 16.4. The molecular weight excluding hydrogens is 272 g/mol. The van der Waals surface area contributed by atoms with Gasteiger partial charge in [-0.3, -0.25) is 0 Å². The molecule has 0 bridgehead atoms. The standard InChI is InChI=1S/C20H34O2/c1-15(2)17-10-13-19(4,21)12-6-7-16(3)8-9-18-20(5,22-18)14-11-17/h7,10,13,15,17-18,21H,6,8-9,11-12,14H2,1-5H3. The van der Waals surface area contributed by atoms with E-state index in [1.54, 1.807) is 0 Å². The predicted molar refractivity (Wildman–Crippen MR) is 92.8 cm³/mol. The molecule has 2 heteroatoms. The lowest BCUT2D eigenvalue weighted by Gasteiger charge is -2.23. The van der Waals surface area contributed by atoms with Crippen LogP contribution in [0.5, 0.6) is 0 Å². The van der Waals surface area contributed by atoms with Crippen LogP contribution < -0.4 is 0 Å². The van der Waals surface area contributed by atoms with Crippen LogP contribution in [-0.2, 0) is 4.74 Å². The second kappa shape index (κ2) is 6.88. The molecule has 1 heterocycles. The van der Waals surface area contributed by atoms with Crippen LogP contribution in [0.1, 0.15) is 73.1 Å². The molecule has 2 rings (SSSR count). The van der Waals surface area contributed by atoms with Gasteiger partial charge >= 0.3 is 0 Å². The molecule has 0 amide bonds.